The third-order valence-corrected chi connectivity index (χ3v) is 5.27. The molecule has 2 rings (SSSR count). The zero-order chi connectivity index (χ0) is 13.0. The summed E-state index contributed by atoms with van der Waals surface area (Å²) in [6.45, 7) is 3.02. The molecule has 1 fully saturated rings. The molecule has 1 aromatic rings. The molecule has 1 aliphatic carbocycles. The van der Waals surface area contributed by atoms with Crippen molar-refractivity contribution in [2.24, 2.45) is 11.7 Å². The highest BCUT2D eigenvalue weighted by Gasteiger charge is 2.19. The van der Waals surface area contributed by atoms with Gasteiger partial charge in [-0.15, -0.1) is 11.8 Å². The van der Waals surface area contributed by atoms with Crippen LogP contribution in [0.25, 0.3) is 0 Å². The van der Waals surface area contributed by atoms with Gasteiger partial charge in [0.15, 0.2) is 0 Å². The summed E-state index contributed by atoms with van der Waals surface area (Å²) in [5.41, 5.74) is 6.74. The topological polar surface area (TPSA) is 26.0 Å². The molecule has 0 bridgehead atoms. The van der Waals surface area contributed by atoms with Crippen LogP contribution in [0.2, 0.25) is 5.02 Å². The summed E-state index contributed by atoms with van der Waals surface area (Å²) in [6, 6.07) is 6.43. The Morgan fingerprint density at radius 2 is 2.22 bits per heavy atom. The van der Waals surface area contributed by atoms with Gasteiger partial charge in [-0.3, -0.25) is 0 Å². The van der Waals surface area contributed by atoms with Crippen molar-refractivity contribution in [3.63, 3.8) is 0 Å². The molecule has 1 nitrogen and oxygen atoms in total. The van der Waals surface area contributed by atoms with Gasteiger partial charge in [-0.05, 0) is 49.4 Å². The van der Waals surface area contributed by atoms with Crippen LogP contribution in [0.15, 0.2) is 23.1 Å². The molecular formula is C15H22ClNS. The molecule has 2 N–H and O–H groups in total. The summed E-state index contributed by atoms with van der Waals surface area (Å²) in [4.78, 5) is 1.31. The van der Waals surface area contributed by atoms with E-state index in [2.05, 4.69) is 25.1 Å². The van der Waals surface area contributed by atoms with Crippen LogP contribution in [-0.4, -0.2) is 11.8 Å². The smallest absolute Gasteiger partial charge is 0.0449 e. The van der Waals surface area contributed by atoms with Crippen LogP contribution in [0.5, 0.6) is 0 Å². The Bertz CT molecular complexity index is 394. The molecule has 2 atom stereocenters. The molecule has 3 heteroatoms. The monoisotopic (exact) mass is 283 g/mol. The van der Waals surface area contributed by atoms with Crippen molar-refractivity contribution in [2.45, 2.75) is 49.2 Å². The zero-order valence-electron chi connectivity index (χ0n) is 11.0. The third-order valence-electron chi connectivity index (χ3n) is 3.63. The Balaban J connectivity index is 1.99. The standard InChI is InChI=1S/C15H22ClNS/c1-11-3-2-4-13(9-11)18-14-6-5-12(7-8-17)15(16)10-14/h5-6,10-11,13H,2-4,7-9,17H2,1H3. The predicted octanol–water partition coefficient (Wildman–Crippen LogP) is 4.51. The molecule has 18 heavy (non-hydrogen) atoms. The molecule has 0 saturated heterocycles. The molecule has 0 aromatic heterocycles. The molecule has 100 valence electrons. The molecule has 2 unspecified atom stereocenters. The average molecular weight is 284 g/mol. The number of benzene rings is 1. The molecule has 1 aromatic carbocycles. The van der Waals surface area contributed by atoms with E-state index in [4.69, 9.17) is 17.3 Å². The third kappa shape index (κ3) is 3.91. The lowest BCUT2D eigenvalue weighted by atomic mass is 9.91. The Kier molecular flexibility index (Phi) is 5.40. The van der Waals surface area contributed by atoms with Gasteiger partial charge in [0.1, 0.15) is 0 Å². The number of rotatable bonds is 4. The molecule has 0 radical (unpaired) electrons. The summed E-state index contributed by atoms with van der Waals surface area (Å²) < 4.78 is 0. The van der Waals surface area contributed by atoms with Gasteiger partial charge >= 0.3 is 0 Å². The summed E-state index contributed by atoms with van der Waals surface area (Å²) in [5, 5.41) is 1.64. The molecular weight excluding hydrogens is 262 g/mol. The van der Waals surface area contributed by atoms with E-state index in [1.165, 1.54) is 36.1 Å². The van der Waals surface area contributed by atoms with Crippen molar-refractivity contribution in [3.05, 3.63) is 28.8 Å². The van der Waals surface area contributed by atoms with Crippen LogP contribution >= 0.6 is 23.4 Å². The Morgan fingerprint density at radius 1 is 1.39 bits per heavy atom. The Hall–Kier alpha value is -0.180. The van der Waals surface area contributed by atoms with E-state index in [-0.39, 0.29) is 0 Å². The molecule has 0 heterocycles. The fraction of sp³-hybridized carbons (Fsp3) is 0.600. The van der Waals surface area contributed by atoms with Gasteiger partial charge in [-0.2, -0.15) is 0 Å². The maximum atomic E-state index is 6.29. The van der Waals surface area contributed by atoms with E-state index in [0.29, 0.717) is 6.54 Å². The molecule has 0 amide bonds. The minimum absolute atomic E-state index is 0.659. The predicted molar refractivity (Wildman–Crippen MR) is 81.5 cm³/mol. The van der Waals surface area contributed by atoms with Crippen LogP contribution in [-0.2, 0) is 6.42 Å². The zero-order valence-corrected chi connectivity index (χ0v) is 12.6. The summed E-state index contributed by atoms with van der Waals surface area (Å²) in [7, 11) is 0. The molecule has 0 aliphatic heterocycles. The SMILES string of the molecule is CC1CCCC(Sc2ccc(CCN)c(Cl)c2)C1. The second-order valence-electron chi connectivity index (χ2n) is 5.30. The quantitative estimate of drug-likeness (QED) is 0.880. The highest BCUT2D eigenvalue weighted by atomic mass is 35.5. The fourth-order valence-electron chi connectivity index (χ4n) is 2.64. The maximum absolute atomic E-state index is 6.29. The van der Waals surface area contributed by atoms with Gasteiger partial charge in [-0.25, -0.2) is 0 Å². The van der Waals surface area contributed by atoms with Crippen molar-refractivity contribution in [3.8, 4) is 0 Å². The number of halogens is 1. The second kappa shape index (κ2) is 6.83. The van der Waals surface area contributed by atoms with E-state index in [9.17, 15) is 0 Å². The van der Waals surface area contributed by atoms with Gasteiger partial charge < -0.3 is 5.73 Å². The largest absolute Gasteiger partial charge is 0.330 e. The summed E-state index contributed by atoms with van der Waals surface area (Å²) >= 11 is 8.28. The van der Waals surface area contributed by atoms with Crippen molar-refractivity contribution >= 4 is 23.4 Å². The lowest BCUT2D eigenvalue weighted by Crippen LogP contribution is -2.14. The van der Waals surface area contributed by atoms with E-state index < -0.39 is 0 Å². The van der Waals surface area contributed by atoms with Crippen LogP contribution < -0.4 is 5.73 Å². The van der Waals surface area contributed by atoms with Crippen molar-refractivity contribution in [2.75, 3.05) is 6.54 Å². The van der Waals surface area contributed by atoms with Gasteiger partial charge in [0, 0.05) is 15.2 Å². The second-order valence-corrected chi connectivity index (χ2v) is 7.08. The molecule has 1 aliphatic rings. The average Bonchev–Trinajstić information content (AvgIpc) is 2.33. The summed E-state index contributed by atoms with van der Waals surface area (Å²) in [5.74, 6) is 0.878. The van der Waals surface area contributed by atoms with Gasteiger partial charge in [0.25, 0.3) is 0 Å². The first kappa shape index (κ1) is 14.2. The lowest BCUT2D eigenvalue weighted by molar-refractivity contribution is 0.394. The van der Waals surface area contributed by atoms with Gasteiger partial charge in [0.2, 0.25) is 0 Å². The first-order valence-electron chi connectivity index (χ1n) is 6.84. The number of hydrogen-bond acceptors (Lipinski definition) is 2. The Morgan fingerprint density at radius 3 is 2.89 bits per heavy atom. The highest BCUT2D eigenvalue weighted by molar-refractivity contribution is 8.00. The summed E-state index contributed by atoms with van der Waals surface area (Å²) in [6.07, 6.45) is 6.32. The molecule has 0 spiro atoms. The highest BCUT2D eigenvalue weighted by Crippen LogP contribution is 2.37. The van der Waals surface area contributed by atoms with Gasteiger partial charge in [-0.1, -0.05) is 37.4 Å². The first-order chi connectivity index (χ1) is 8.69. The normalized spacial score (nSPS) is 24.2. The lowest BCUT2D eigenvalue weighted by Gasteiger charge is -2.26. The fourth-order valence-corrected chi connectivity index (χ4v) is 4.40. The van der Waals surface area contributed by atoms with E-state index >= 15 is 0 Å². The van der Waals surface area contributed by atoms with Crippen LogP contribution in [0.1, 0.15) is 38.2 Å². The van der Waals surface area contributed by atoms with Crippen LogP contribution in [0.4, 0.5) is 0 Å². The Labute approximate surface area is 119 Å². The first-order valence-corrected chi connectivity index (χ1v) is 8.10. The minimum atomic E-state index is 0.659. The number of hydrogen-bond donors (Lipinski definition) is 1. The van der Waals surface area contributed by atoms with Crippen LogP contribution in [0, 0.1) is 5.92 Å². The van der Waals surface area contributed by atoms with Crippen molar-refractivity contribution in [1.29, 1.82) is 0 Å². The minimum Gasteiger partial charge on any atom is -0.330 e. The number of nitrogens with two attached hydrogens (primary N) is 1. The van der Waals surface area contributed by atoms with Crippen molar-refractivity contribution < 1.29 is 0 Å². The number of thioether (sulfide) groups is 1. The van der Waals surface area contributed by atoms with Crippen LogP contribution in [0.3, 0.4) is 0 Å². The van der Waals surface area contributed by atoms with E-state index in [1.54, 1.807) is 0 Å². The van der Waals surface area contributed by atoms with E-state index in [1.807, 2.05) is 11.8 Å². The maximum Gasteiger partial charge on any atom is 0.0449 e. The van der Waals surface area contributed by atoms with E-state index in [0.717, 1.165) is 22.6 Å². The van der Waals surface area contributed by atoms with Gasteiger partial charge in [0.05, 0.1) is 0 Å². The molecule has 1 saturated carbocycles. The van der Waals surface area contributed by atoms with Crippen molar-refractivity contribution in [1.82, 2.24) is 0 Å².